The van der Waals surface area contributed by atoms with E-state index in [0.717, 1.165) is 16.8 Å². The minimum atomic E-state index is -0.542. The molecule has 0 saturated heterocycles. The normalized spacial score (nSPS) is 16.0. The number of nitrogens with zero attached hydrogens (tertiary/aromatic N) is 4. The lowest BCUT2D eigenvalue weighted by Crippen LogP contribution is -2.40. The Morgan fingerprint density at radius 2 is 2.12 bits per heavy atom. The fraction of sp³-hybridized carbons (Fsp3) is 0.278. The smallest absolute Gasteiger partial charge is 0.414 e. The SMILES string of the molecule is CC(C)(C)OC(=O)N1C=CN2C(=COc3cnc4ncccc4c32)C1. The zero-order chi connectivity index (χ0) is 17.6. The van der Waals surface area contributed by atoms with Gasteiger partial charge in [-0.2, -0.15) is 0 Å². The molecule has 7 nitrogen and oxygen atoms in total. The van der Waals surface area contributed by atoms with E-state index in [-0.39, 0.29) is 0 Å². The summed E-state index contributed by atoms with van der Waals surface area (Å²) in [6.45, 7) is 5.89. The Morgan fingerprint density at radius 1 is 1.28 bits per heavy atom. The number of carbonyl (C=O) groups is 1. The second kappa shape index (κ2) is 5.47. The number of fused-ring (bicyclic) bond motifs is 5. The highest BCUT2D eigenvalue weighted by atomic mass is 16.6. The molecule has 0 aromatic carbocycles. The monoisotopic (exact) mass is 338 g/mol. The van der Waals surface area contributed by atoms with Crippen LogP contribution in [-0.2, 0) is 4.74 Å². The molecule has 1 amide bonds. The zero-order valence-electron chi connectivity index (χ0n) is 14.3. The van der Waals surface area contributed by atoms with Crippen LogP contribution in [0.25, 0.3) is 11.0 Å². The van der Waals surface area contributed by atoms with Crippen LogP contribution in [0.2, 0.25) is 0 Å². The van der Waals surface area contributed by atoms with E-state index in [4.69, 9.17) is 9.47 Å². The molecule has 0 atom stereocenters. The van der Waals surface area contributed by atoms with E-state index in [1.807, 2.05) is 44.0 Å². The molecule has 0 spiro atoms. The summed E-state index contributed by atoms with van der Waals surface area (Å²) < 4.78 is 11.1. The van der Waals surface area contributed by atoms with Crippen molar-refractivity contribution in [2.75, 3.05) is 11.4 Å². The minimum Gasteiger partial charge on any atom is -0.459 e. The molecular weight excluding hydrogens is 320 g/mol. The van der Waals surface area contributed by atoms with E-state index >= 15 is 0 Å². The highest BCUT2D eigenvalue weighted by Gasteiger charge is 2.30. The van der Waals surface area contributed by atoms with Gasteiger partial charge in [-0.1, -0.05) is 0 Å². The number of anilines is 1. The first-order valence-corrected chi connectivity index (χ1v) is 7.99. The molecule has 7 heteroatoms. The number of rotatable bonds is 0. The van der Waals surface area contributed by atoms with Gasteiger partial charge in [0, 0.05) is 24.0 Å². The third kappa shape index (κ3) is 2.77. The number of amides is 1. The van der Waals surface area contributed by atoms with Gasteiger partial charge in [0.05, 0.1) is 18.4 Å². The summed E-state index contributed by atoms with van der Waals surface area (Å²) in [5, 5.41) is 0.890. The van der Waals surface area contributed by atoms with Crippen LogP contribution in [0.1, 0.15) is 20.8 Å². The first kappa shape index (κ1) is 15.4. The van der Waals surface area contributed by atoms with Crippen LogP contribution in [-0.4, -0.2) is 33.1 Å². The van der Waals surface area contributed by atoms with Gasteiger partial charge in [-0.25, -0.2) is 14.8 Å². The van der Waals surface area contributed by atoms with Crippen LogP contribution >= 0.6 is 0 Å². The van der Waals surface area contributed by atoms with Crippen molar-refractivity contribution >= 4 is 22.8 Å². The standard InChI is InChI=1S/C18H18N4O3/c1-18(2,3)25-17(23)21-7-8-22-12(10-21)11-24-14-9-20-16-13(15(14)22)5-4-6-19-16/h4-9,11H,10H2,1-3H3. The van der Waals surface area contributed by atoms with Crippen molar-refractivity contribution in [3.8, 4) is 5.75 Å². The van der Waals surface area contributed by atoms with Crippen LogP contribution in [0, 0.1) is 0 Å². The quantitative estimate of drug-likeness (QED) is 0.733. The zero-order valence-corrected chi connectivity index (χ0v) is 14.3. The topological polar surface area (TPSA) is 67.8 Å². The summed E-state index contributed by atoms with van der Waals surface area (Å²) >= 11 is 0. The Labute approximate surface area is 145 Å². The summed E-state index contributed by atoms with van der Waals surface area (Å²) in [5.41, 5.74) is 1.81. The number of hydrogen-bond donors (Lipinski definition) is 0. The van der Waals surface area contributed by atoms with E-state index in [9.17, 15) is 4.79 Å². The van der Waals surface area contributed by atoms with Crippen LogP contribution in [0.5, 0.6) is 5.75 Å². The molecule has 4 rings (SSSR count). The van der Waals surface area contributed by atoms with Crippen molar-refractivity contribution in [1.82, 2.24) is 14.9 Å². The summed E-state index contributed by atoms with van der Waals surface area (Å²) in [4.78, 5) is 24.4. The van der Waals surface area contributed by atoms with Crippen molar-refractivity contribution < 1.29 is 14.3 Å². The predicted octanol–water partition coefficient (Wildman–Crippen LogP) is 3.39. The fourth-order valence-electron chi connectivity index (χ4n) is 2.77. The van der Waals surface area contributed by atoms with Crippen LogP contribution in [0.4, 0.5) is 10.5 Å². The molecule has 0 saturated carbocycles. The minimum absolute atomic E-state index is 0.356. The largest absolute Gasteiger partial charge is 0.459 e. The van der Waals surface area contributed by atoms with E-state index in [2.05, 4.69) is 9.97 Å². The van der Waals surface area contributed by atoms with E-state index < -0.39 is 11.7 Å². The van der Waals surface area contributed by atoms with Crippen LogP contribution < -0.4 is 9.64 Å². The third-order valence-corrected chi connectivity index (χ3v) is 3.81. The molecule has 0 unspecified atom stereocenters. The molecule has 2 aromatic rings. The third-order valence-electron chi connectivity index (χ3n) is 3.81. The predicted molar refractivity (Wildman–Crippen MR) is 92.8 cm³/mol. The number of carbonyl (C=O) groups excluding carboxylic acids is 1. The molecule has 0 aliphatic carbocycles. The average molecular weight is 338 g/mol. The van der Waals surface area contributed by atoms with Gasteiger partial charge in [-0.3, -0.25) is 4.90 Å². The second-order valence-corrected chi connectivity index (χ2v) is 6.85. The molecule has 25 heavy (non-hydrogen) atoms. The second-order valence-electron chi connectivity index (χ2n) is 6.85. The van der Waals surface area contributed by atoms with Crippen molar-refractivity contribution in [3.63, 3.8) is 0 Å². The molecular formula is C18H18N4O3. The number of pyridine rings is 2. The van der Waals surface area contributed by atoms with Gasteiger partial charge in [-0.15, -0.1) is 0 Å². The highest BCUT2D eigenvalue weighted by Crippen LogP contribution is 2.40. The Kier molecular flexibility index (Phi) is 3.38. The fourth-order valence-corrected chi connectivity index (χ4v) is 2.77. The Hall–Kier alpha value is -3.09. The molecule has 2 aromatic heterocycles. The van der Waals surface area contributed by atoms with Gasteiger partial charge in [-0.05, 0) is 32.9 Å². The van der Waals surface area contributed by atoms with E-state index in [1.54, 1.807) is 24.9 Å². The van der Waals surface area contributed by atoms with Crippen molar-refractivity contribution in [2.45, 2.75) is 26.4 Å². The molecule has 0 N–H and O–H groups in total. The summed E-state index contributed by atoms with van der Waals surface area (Å²) in [6, 6.07) is 3.82. The van der Waals surface area contributed by atoms with Gasteiger partial charge in [0.25, 0.3) is 0 Å². The lowest BCUT2D eigenvalue weighted by atomic mass is 10.1. The van der Waals surface area contributed by atoms with Crippen molar-refractivity contribution in [1.29, 1.82) is 0 Å². The molecule has 0 bridgehead atoms. The molecule has 0 radical (unpaired) electrons. The van der Waals surface area contributed by atoms with Gasteiger partial charge in [0.1, 0.15) is 17.6 Å². The molecule has 4 heterocycles. The number of ether oxygens (including phenoxy) is 2. The van der Waals surface area contributed by atoms with Crippen LogP contribution in [0.15, 0.2) is 48.9 Å². The van der Waals surface area contributed by atoms with E-state index in [0.29, 0.717) is 17.9 Å². The highest BCUT2D eigenvalue weighted by molar-refractivity contribution is 5.95. The lowest BCUT2D eigenvalue weighted by Gasteiger charge is -2.36. The number of aromatic nitrogens is 2. The first-order valence-electron chi connectivity index (χ1n) is 7.99. The van der Waals surface area contributed by atoms with Gasteiger partial charge in [0.15, 0.2) is 11.4 Å². The summed E-state index contributed by atoms with van der Waals surface area (Å²) in [5.74, 6) is 0.652. The van der Waals surface area contributed by atoms with Gasteiger partial charge in [0.2, 0.25) is 0 Å². The molecule has 0 fully saturated rings. The number of hydrogen-bond acceptors (Lipinski definition) is 6. The maximum Gasteiger partial charge on any atom is 0.414 e. The molecule has 2 aliphatic rings. The van der Waals surface area contributed by atoms with Gasteiger partial charge >= 0.3 is 6.09 Å². The average Bonchev–Trinajstić information content (AvgIpc) is 2.59. The molecule has 2 aliphatic heterocycles. The van der Waals surface area contributed by atoms with E-state index in [1.165, 1.54) is 4.90 Å². The van der Waals surface area contributed by atoms with Crippen LogP contribution in [0.3, 0.4) is 0 Å². The Morgan fingerprint density at radius 3 is 2.92 bits per heavy atom. The Bertz CT molecular complexity index is 914. The summed E-state index contributed by atoms with van der Waals surface area (Å²) in [7, 11) is 0. The lowest BCUT2D eigenvalue weighted by molar-refractivity contribution is 0.0342. The maximum absolute atomic E-state index is 12.3. The maximum atomic E-state index is 12.3. The van der Waals surface area contributed by atoms with Gasteiger partial charge < -0.3 is 14.4 Å². The molecule has 128 valence electrons. The van der Waals surface area contributed by atoms with Crippen molar-refractivity contribution in [2.24, 2.45) is 0 Å². The first-order chi connectivity index (χ1) is 11.9. The summed E-state index contributed by atoms with van der Waals surface area (Å²) in [6.07, 6.45) is 8.14. The Balaban J connectivity index is 1.70. The van der Waals surface area contributed by atoms with Crippen molar-refractivity contribution in [3.05, 3.63) is 48.9 Å².